The molecule has 5 heteroatoms. The topological polar surface area (TPSA) is 49.4 Å². The van der Waals surface area contributed by atoms with Crippen molar-refractivity contribution in [3.05, 3.63) is 0 Å². The van der Waals surface area contributed by atoms with Gasteiger partial charge in [-0.2, -0.15) is 0 Å². The van der Waals surface area contributed by atoms with Crippen LogP contribution in [0, 0.1) is 5.92 Å². The molecule has 0 rings (SSSR count). The molecule has 2 amide bonds. The molecule has 0 bridgehead atoms. The smallest absolute Gasteiger partial charge is 0.239 e. The lowest BCUT2D eigenvalue weighted by Gasteiger charge is -2.22. The van der Waals surface area contributed by atoms with Crippen LogP contribution in [-0.2, 0) is 9.59 Å². The Balaban J connectivity index is 4.24. The molecule has 0 fully saturated rings. The van der Waals surface area contributed by atoms with Crippen molar-refractivity contribution in [2.75, 3.05) is 25.5 Å². The first-order valence-electron chi connectivity index (χ1n) is 5.18. The van der Waals surface area contributed by atoms with Gasteiger partial charge < -0.3 is 10.2 Å². The fourth-order valence-corrected chi connectivity index (χ4v) is 1.28. The summed E-state index contributed by atoms with van der Waals surface area (Å²) in [7, 11) is 0. The molecule has 0 saturated heterocycles. The molecule has 88 valence electrons. The summed E-state index contributed by atoms with van der Waals surface area (Å²) in [5.74, 6) is -0.153. The number of rotatable bonds is 6. The first kappa shape index (κ1) is 14.2. The second-order valence-corrected chi connectivity index (χ2v) is 3.67. The predicted molar refractivity (Wildman–Crippen MR) is 60.8 cm³/mol. The second kappa shape index (κ2) is 7.51. The lowest BCUT2D eigenvalue weighted by molar-refractivity contribution is -0.138. The number of nitrogens with one attached hydrogen (secondary N) is 1. The third kappa shape index (κ3) is 5.02. The Kier molecular flexibility index (Phi) is 7.13. The van der Waals surface area contributed by atoms with E-state index in [0.29, 0.717) is 13.1 Å². The van der Waals surface area contributed by atoms with Crippen LogP contribution in [-0.4, -0.2) is 42.2 Å². The van der Waals surface area contributed by atoms with Crippen molar-refractivity contribution >= 4 is 23.4 Å². The van der Waals surface area contributed by atoms with Gasteiger partial charge in [-0.15, -0.1) is 11.6 Å². The van der Waals surface area contributed by atoms with Crippen LogP contribution in [0.4, 0.5) is 0 Å². The molecule has 0 heterocycles. The summed E-state index contributed by atoms with van der Waals surface area (Å²) in [6.45, 7) is 6.67. The highest BCUT2D eigenvalue weighted by Crippen LogP contribution is 2.04. The summed E-state index contributed by atoms with van der Waals surface area (Å²) >= 11 is 5.60. The Labute approximate surface area is 96.0 Å². The van der Waals surface area contributed by atoms with Crippen molar-refractivity contribution in [2.24, 2.45) is 5.92 Å². The number of carbonyl (C=O) groups excluding carboxylic acids is 2. The van der Waals surface area contributed by atoms with Crippen molar-refractivity contribution in [3.8, 4) is 0 Å². The maximum atomic E-state index is 11.7. The summed E-state index contributed by atoms with van der Waals surface area (Å²) < 4.78 is 0. The third-order valence-electron chi connectivity index (χ3n) is 2.05. The molecule has 0 aliphatic rings. The van der Waals surface area contributed by atoms with E-state index in [0.717, 1.165) is 0 Å². The minimum absolute atomic E-state index is 0.0706. The molecule has 0 saturated carbocycles. The van der Waals surface area contributed by atoms with Crippen LogP contribution < -0.4 is 5.32 Å². The Morgan fingerprint density at radius 1 is 1.40 bits per heavy atom. The van der Waals surface area contributed by atoms with Crippen LogP contribution >= 0.6 is 11.6 Å². The Morgan fingerprint density at radius 2 is 2.00 bits per heavy atom. The molecule has 0 aromatic rings. The number of alkyl halides is 1. The van der Waals surface area contributed by atoms with Crippen LogP contribution in [0.3, 0.4) is 0 Å². The van der Waals surface area contributed by atoms with Crippen molar-refractivity contribution in [2.45, 2.75) is 20.8 Å². The zero-order chi connectivity index (χ0) is 11.8. The molecule has 4 nitrogen and oxygen atoms in total. The minimum Gasteiger partial charge on any atom is -0.355 e. The van der Waals surface area contributed by atoms with Crippen molar-refractivity contribution in [1.29, 1.82) is 0 Å². The number of carbonyl (C=O) groups is 2. The van der Waals surface area contributed by atoms with Gasteiger partial charge in [0.15, 0.2) is 0 Å². The first-order chi connectivity index (χ1) is 7.06. The molecule has 0 radical (unpaired) electrons. The number of hydrogen-bond acceptors (Lipinski definition) is 2. The zero-order valence-electron chi connectivity index (χ0n) is 9.55. The minimum atomic E-state index is -0.235. The Bertz CT molecular complexity index is 221. The summed E-state index contributed by atoms with van der Waals surface area (Å²) in [5, 5.41) is 2.66. The van der Waals surface area contributed by atoms with Crippen LogP contribution in [0.5, 0.6) is 0 Å². The molecular formula is C10H19ClN2O2. The van der Waals surface area contributed by atoms with Crippen molar-refractivity contribution in [1.82, 2.24) is 10.2 Å². The number of likely N-dealkylation sites (N-methyl/N-ethyl adjacent to an activating group) is 2. The number of amides is 2. The van der Waals surface area contributed by atoms with Gasteiger partial charge in [-0.1, -0.05) is 6.92 Å². The van der Waals surface area contributed by atoms with Crippen LogP contribution in [0.15, 0.2) is 0 Å². The van der Waals surface area contributed by atoms with E-state index in [1.165, 1.54) is 4.90 Å². The molecule has 0 aromatic carbocycles. The quantitative estimate of drug-likeness (QED) is 0.693. The van der Waals surface area contributed by atoms with Gasteiger partial charge in [0.1, 0.15) is 0 Å². The summed E-state index contributed by atoms with van der Waals surface area (Å²) in [4.78, 5) is 24.5. The molecule has 0 spiro atoms. The predicted octanol–water partition coefficient (Wildman–Crippen LogP) is 0.846. The van der Waals surface area contributed by atoms with Gasteiger partial charge in [-0.25, -0.2) is 0 Å². The van der Waals surface area contributed by atoms with Gasteiger partial charge in [0.25, 0.3) is 0 Å². The van der Waals surface area contributed by atoms with Gasteiger partial charge in [-0.05, 0) is 13.8 Å². The highest BCUT2D eigenvalue weighted by molar-refractivity contribution is 6.19. The fraction of sp³-hybridized carbons (Fsp3) is 0.800. The zero-order valence-corrected chi connectivity index (χ0v) is 10.3. The second-order valence-electron chi connectivity index (χ2n) is 3.36. The fourth-order valence-electron chi connectivity index (χ4n) is 1.15. The maximum Gasteiger partial charge on any atom is 0.239 e. The highest BCUT2D eigenvalue weighted by Gasteiger charge is 2.20. The van der Waals surface area contributed by atoms with Gasteiger partial charge >= 0.3 is 0 Å². The monoisotopic (exact) mass is 234 g/mol. The molecule has 0 aliphatic carbocycles. The van der Waals surface area contributed by atoms with Crippen LogP contribution in [0.2, 0.25) is 0 Å². The van der Waals surface area contributed by atoms with Gasteiger partial charge in [-0.3, -0.25) is 9.59 Å². The SMILES string of the molecule is CCNC(=O)CN(CC)C(=O)C(C)CCl. The first-order valence-corrected chi connectivity index (χ1v) is 5.71. The average molecular weight is 235 g/mol. The molecule has 0 aliphatic heterocycles. The van der Waals surface area contributed by atoms with Gasteiger partial charge in [0, 0.05) is 24.9 Å². The standard InChI is InChI=1S/C10H19ClN2O2/c1-4-12-9(14)7-13(5-2)10(15)8(3)6-11/h8H,4-7H2,1-3H3,(H,12,14). The number of halogens is 1. The van der Waals surface area contributed by atoms with Crippen LogP contribution in [0.25, 0.3) is 0 Å². The largest absolute Gasteiger partial charge is 0.355 e. The average Bonchev–Trinajstić information content (AvgIpc) is 2.24. The lowest BCUT2D eigenvalue weighted by Crippen LogP contribution is -2.43. The van der Waals surface area contributed by atoms with E-state index in [4.69, 9.17) is 11.6 Å². The molecular weight excluding hydrogens is 216 g/mol. The summed E-state index contributed by atoms with van der Waals surface area (Å²) in [5.41, 5.74) is 0. The Hall–Kier alpha value is -0.770. The summed E-state index contributed by atoms with van der Waals surface area (Å²) in [6, 6.07) is 0. The van der Waals surface area contributed by atoms with Crippen LogP contribution in [0.1, 0.15) is 20.8 Å². The molecule has 15 heavy (non-hydrogen) atoms. The van der Waals surface area contributed by atoms with E-state index in [1.807, 2.05) is 13.8 Å². The van der Waals surface area contributed by atoms with Gasteiger partial charge in [0.2, 0.25) is 11.8 Å². The van der Waals surface area contributed by atoms with E-state index in [-0.39, 0.29) is 30.2 Å². The van der Waals surface area contributed by atoms with E-state index in [9.17, 15) is 9.59 Å². The van der Waals surface area contributed by atoms with Crippen molar-refractivity contribution < 1.29 is 9.59 Å². The van der Waals surface area contributed by atoms with Crippen molar-refractivity contribution in [3.63, 3.8) is 0 Å². The maximum absolute atomic E-state index is 11.7. The number of hydrogen-bond donors (Lipinski definition) is 1. The van der Waals surface area contributed by atoms with E-state index < -0.39 is 0 Å². The van der Waals surface area contributed by atoms with Gasteiger partial charge in [0.05, 0.1) is 6.54 Å². The molecule has 1 atom stereocenters. The number of nitrogens with zero attached hydrogens (tertiary/aromatic N) is 1. The molecule has 0 aromatic heterocycles. The van der Waals surface area contributed by atoms with E-state index in [2.05, 4.69) is 5.32 Å². The van der Waals surface area contributed by atoms with E-state index >= 15 is 0 Å². The highest BCUT2D eigenvalue weighted by atomic mass is 35.5. The normalized spacial score (nSPS) is 12.0. The molecule has 1 N–H and O–H groups in total. The lowest BCUT2D eigenvalue weighted by atomic mass is 10.2. The third-order valence-corrected chi connectivity index (χ3v) is 2.52. The Morgan fingerprint density at radius 3 is 2.40 bits per heavy atom. The summed E-state index contributed by atoms with van der Waals surface area (Å²) in [6.07, 6.45) is 0. The molecule has 1 unspecified atom stereocenters. The van der Waals surface area contributed by atoms with E-state index in [1.54, 1.807) is 6.92 Å².